The van der Waals surface area contributed by atoms with Crippen LogP contribution in [0.15, 0.2) is 54.6 Å². The molecule has 0 amide bonds. The lowest BCUT2D eigenvalue weighted by Crippen LogP contribution is -2.43. The Hall–Kier alpha value is -1.80. The number of rotatable bonds is 3. The Morgan fingerprint density at radius 2 is 1.64 bits per heavy atom. The number of piperidine rings is 1. The van der Waals surface area contributed by atoms with E-state index in [4.69, 9.17) is 0 Å². The second kappa shape index (κ2) is 5.77. The Morgan fingerprint density at radius 3 is 2.45 bits per heavy atom. The summed E-state index contributed by atoms with van der Waals surface area (Å²) < 4.78 is 0. The fourth-order valence-electron chi connectivity index (χ4n) is 4.17. The highest BCUT2D eigenvalue weighted by atomic mass is 15.2. The molecule has 0 radical (unpaired) electrons. The van der Waals surface area contributed by atoms with Crippen molar-refractivity contribution in [1.29, 1.82) is 0 Å². The van der Waals surface area contributed by atoms with Gasteiger partial charge in [0.1, 0.15) is 0 Å². The first kappa shape index (κ1) is 13.8. The smallest absolute Gasteiger partial charge is 0.0405 e. The van der Waals surface area contributed by atoms with Crippen molar-refractivity contribution in [2.45, 2.75) is 24.7 Å². The van der Waals surface area contributed by atoms with Crippen LogP contribution in [-0.2, 0) is 11.8 Å². The van der Waals surface area contributed by atoms with Crippen LogP contribution < -0.4 is 10.2 Å². The molecule has 2 nitrogen and oxygen atoms in total. The summed E-state index contributed by atoms with van der Waals surface area (Å²) in [5.41, 5.74) is 4.88. The molecule has 1 N–H and O–H groups in total. The van der Waals surface area contributed by atoms with Gasteiger partial charge < -0.3 is 10.2 Å². The standard InChI is InChI=1S/C20H24N2/c1-2-6-17(7-3-1)10-15-22-16-20(11-13-21-14-12-20)18-8-4-5-9-19(18)22/h1-9,21H,10-16H2. The molecule has 2 aliphatic heterocycles. The minimum atomic E-state index is 0.387. The summed E-state index contributed by atoms with van der Waals surface area (Å²) in [6.45, 7) is 4.62. The van der Waals surface area contributed by atoms with Crippen molar-refractivity contribution in [2.24, 2.45) is 0 Å². The van der Waals surface area contributed by atoms with E-state index in [1.165, 1.54) is 30.6 Å². The number of hydrogen-bond donors (Lipinski definition) is 1. The predicted octanol–water partition coefficient (Wildman–Crippen LogP) is 3.37. The van der Waals surface area contributed by atoms with Gasteiger partial charge in [-0.15, -0.1) is 0 Å². The van der Waals surface area contributed by atoms with Gasteiger partial charge in [0.15, 0.2) is 0 Å². The number of anilines is 1. The van der Waals surface area contributed by atoms with Crippen LogP contribution in [0, 0.1) is 0 Å². The Labute approximate surface area is 133 Å². The van der Waals surface area contributed by atoms with Crippen LogP contribution in [0.5, 0.6) is 0 Å². The van der Waals surface area contributed by atoms with Gasteiger partial charge in [-0.2, -0.15) is 0 Å². The highest BCUT2D eigenvalue weighted by Gasteiger charge is 2.42. The van der Waals surface area contributed by atoms with Crippen LogP contribution >= 0.6 is 0 Å². The maximum absolute atomic E-state index is 3.52. The Balaban J connectivity index is 1.57. The number of fused-ring (bicyclic) bond motifs is 2. The van der Waals surface area contributed by atoms with Crippen molar-refractivity contribution in [3.8, 4) is 0 Å². The first-order valence-electron chi connectivity index (χ1n) is 8.47. The average molecular weight is 292 g/mol. The molecule has 2 aromatic carbocycles. The number of hydrogen-bond acceptors (Lipinski definition) is 2. The van der Waals surface area contributed by atoms with E-state index in [9.17, 15) is 0 Å². The number of para-hydroxylation sites is 1. The van der Waals surface area contributed by atoms with Crippen LogP contribution in [-0.4, -0.2) is 26.2 Å². The van der Waals surface area contributed by atoms with Gasteiger partial charge in [-0.25, -0.2) is 0 Å². The van der Waals surface area contributed by atoms with Crippen LogP contribution in [0.3, 0.4) is 0 Å². The van der Waals surface area contributed by atoms with E-state index >= 15 is 0 Å². The van der Waals surface area contributed by atoms with Gasteiger partial charge in [0.25, 0.3) is 0 Å². The Bertz CT molecular complexity index is 629. The van der Waals surface area contributed by atoms with E-state index in [2.05, 4.69) is 64.8 Å². The maximum atomic E-state index is 3.52. The third kappa shape index (κ3) is 2.42. The molecule has 1 fully saturated rings. The van der Waals surface area contributed by atoms with Gasteiger partial charge in [-0.1, -0.05) is 48.5 Å². The summed E-state index contributed by atoms with van der Waals surface area (Å²) in [6.07, 6.45) is 3.67. The van der Waals surface area contributed by atoms with E-state index in [1.54, 1.807) is 5.56 Å². The molecule has 1 spiro atoms. The zero-order chi connectivity index (χ0) is 14.8. The second-order valence-corrected chi connectivity index (χ2v) is 6.70. The van der Waals surface area contributed by atoms with Crippen molar-refractivity contribution >= 4 is 5.69 Å². The van der Waals surface area contributed by atoms with Crippen LogP contribution in [0.4, 0.5) is 5.69 Å². The van der Waals surface area contributed by atoms with Crippen molar-refractivity contribution < 1.29 is 0 Å². The van der Waals surface area contributed by atoms with Crippen molar-refractivity contribution in [3.05, 3.63) is 65.7 Å². The highest BCUT2D eigenvalue weighted by Crippen LogP contribution is 2.45. The molecule has 2 heteroatoms. The summed E-state index contributed by atoms with van der Waals surface area (Å²) in [6, 6.07) is 19.9. The fourth-order valence-corrected chi connectivity index (χ4v) is 4.17. The van der Waals surface area contributed by atoms with E-state index in [0.717, 1.165) is 26.1 Å². The van der Waals surface area contributed by atoms with E-state index in [1.807, 2.05) is 0 Å². The third-order valence-corrected chi connectivity index (χ3v) is 5.38. The van der Waals surface area contributed by atoms with E-state index in [-0.39, 0.29) is 0 Å². The summed E-state index contributed by atoms with van der Waals surface area (Å²) >= 11 is 0. The molecule has 0 bridgehead atoms. The molecule has 2 aliphatic rings. The molecular formula is C20H24N2. The summed E-state index contributed by atoms with van der Waals surface area (Å²) in [5, 5.41) is 3.52. The predicted molar refractivity (Wildman–Crippen MR) is 92.6 cm³/mol. The third-order valence-electron chi connectivity index (χ3n) is 5.38. The SMILES string of the molecule is c1ccc(CCN2CC3(CCNCC3)c3ccccc32)cc1. The van der Waals surface area contributed by atoms with Crippen molar-refractivity contribution in [1.82, 2.24) is 5.32 Å². The highest BCUT2D eigenvalue weighted by molar-refractivity contribution is 5.63. The first-order valence-corrected chi connectivity index (χ1v) is 8.47. The zero-order valence-corrected chi connectivity index (χ0v) is 13.1. The lowest BCUT2D eigenvalue weighted by Gasteiger charge is -2.35. The van der Waals surface area contributed by atoms with Gasteiger partial charge in [0.2, 0.25) is 0 Å². The molecule has 0 unspecified atom stereocenters. The molecule has 0 saturated carbocycles. The summed E-state index contributed by atoms with van der Waals surface area (Å²) in [4.78, 5) is 2.62. The average Bonchev–Trinajstić information content (AvgIpc) is 2.89. The quantitative estimate of drug-likeness (QED) is 0.933. The van der Waals surface area contributed by atoms with Gasteiger partial charge in [-0.3, -0.25) is 0 Å². The Morgan fingerprint density at radius 1 is 0.909 bits per heavy atom. The molecule has 2 aromatic rings. The lowest BCUT2D eigenvalue weighted by atomic mass is 9.75. The number of nitrogens with zero attached hydrogens (tertiary/aromatic N) is 1. The molecule has 114 valence electrons. The summed E-state index contributed by atoms with van der Waals surface area (Å²) in [5.74, 6) is 0. The zero-order valence-electron chi connectivity index (χ0n) is 13.1. The molecule has 2 heterocycles. The maximum Gasteiger partial charge on any atom is 0.0405 e. The first-order chi connectivity index (χ1) is 10.9. The molecule has 4 rings (SSSR count). The second-order valence-electron chi connectivity index (χ2n) is 6.70. The van der Waals surface area contributed by atoms with E-state index < -0.39 is 0 Å². The Kier molecular flexibility index (Phi) is 3.63. The number of nitrogens with one attached hydrogen (secondary N) is 1. The van der Waals surface area contributed by atoms with E-state index in [0.29, 0.717) is 5.41 Å². The molecular weight excluding hydrogens is 268 g/mol. The van der Waals surface area contributed by atoms with Gasteiger partial charge in [-0.05, 0) is 49.5 Å². The lowest BCUT2D eigenvalue weighted by molar-refractivity contribution is 0.325. The molecule has 0 atom stereocenters. The minimum Gasteiger partial charge on any atom is -0.370 e. The normalized spacial score (nSPS) is 19.4. The summed E-state index contributed by atoms with van der Waals surface area (Å²) in [7, 11) is 0. The molecule has 0 aromatic heterocycles. The van der Waals surface area contributed by atoms with Crippen molar-refractivity contribution in [3.63, 3.8) is 0 Å². The monoisotopic (exact) mass is 292 g/mol. The van der Waals surface area contributed by atoms with Gasteiger partial charge >= 0.3 is 0 Å². The van der Waals surface area contributed by atoms with Crippen LogP contribution in [0.1, 0.15) is 24.0 Å². The molecule has 0 aliphatic carbocycles. The largest absolute Gasteiger partial charge is 0.370 e. The van der Waals surface area contributed by atoms with Crippen molar-refractivity contribution in [2.75, 3.05) is 31.1 Å². The molecule has 22 heavy (non-hydrogen) atoms. The number of benzene rings is 2. The van der Waals surface area contributed by atoms with Crippen LogP contribution in [0.2, 0.25) is 0 Å². The topological polar surface area (TPSA) is 15.3 Å². The fraction of sp³-hybridized carbons (Fsp3) is 0.400. The molecule has 1 saturated heterocycles. The van der Waals surface area contributed by atoms with Crippen LogP contribution in [0.25, 0.3) is 0 Å². The minimum absolute atomic E-state index is 0.387. The van der Waals surface area contributed by atoms with Gasteiger partial charge in [0.05, 0.1) is 0 Å². The van der Waals surface area contributed by atoms with Gasteiger partial charge in [0, 0.05) is 24.2 Å².